The Labute approximate surface area is 178 Å². The zero-order valence-corrected chi connectivity index (χ0v) is 17.6. The molecule has 2 aromatic carbocycles. The molecule has 4 aromatic rings. The summed E-state index contributed by atoms with van der Waals surface area (Å²) in [4.78, 5) is 19.9. The van der Waals surface area contributed by atoms with Crippen LogP contribution < -0.4 is 0 Å². The Bertz CT molecular complexity index is 1200. The minimum Gasteiger partial charge on any atom is -0.396 e. The first-order chi connectivity index (χ1) is 14.6. The molecule has 0 aliphatic heterocycles. The third-order valence-electron chi connectivity index (χ3n) is 5.32. The second kappa shape index (κ2) is 8.90. The van der Waals surface area contributed by atoms with Crippen LogP contribution in [0.4, 0.5) is 4.39 Å². The molecule has 0 aliphatic rings. The van der Waals surface area contributed by atoms with Crippen LogP contribution in [-0.2, 0) is 0 Å². The molecular formula is C24H23FN2O2S. The topological polar surface area (TPSA) is 53.4 Å². The van der Waals surface area contributed by atoms with Crippen molar-refractivity contribution in [3.05, 3.63) is 65.6 Å². The van der Waals surface area contributed by atoms with E-state index in [1.807, 2.05) is 31.2 Å². The summed E-state index contributed by atoms with van der Waals surface area (Å²) in [5.41, 5.74) is 1.79. The fourth-order valence-electron chi connectivity index (χ4n) is 3.75. The van der Waals surface area contributed by atoms with Crippen LogP contribution in [0.25, 0.3) is 32.0 Å². The lowest BCUT2D eigenvalue weighted by molar-refractivity contribution is 0.0763. The molecule has 154 valence electrons. The molecule has 0 bridgehead atoms. The van der Waals surface area contributed by atoms with E-state index in [1.54, 1.807) is 29.4 Å². The number of rotatable bonds is 7. The van der Waals surface area contributed by atoms with Gasteiger partial charge < -0.3 is 10.0 Å². The number of hydrogen-bond acceptors (Lipinski definition) is 4. The number of aliphatic hydroxyl groups excluding tert-OH is 1. The van der Waals surface area contributed by atoms with E-state index in [0.717, 1.165) is 33.0 Å². The minimum atomic E-state index is -0.253. The number of amides is 1. The van der Waals surface area contributed by atoms with Crippen molar-refractivity contribution >= 4 is 38.1 Å². The summed E-state index contributed by atoms with van der Waals surface area (Å²) in [7, 11) is 0. The van der Waals surface area contributed by atoms with Gasteiger partial charge in [0.2, 0.25) is 0 Å². The predicted molar refractivity (Wildman–Crippen MR) is 120 cm³/mol. The Kier molecular flexibility index (Phi) is 6.06. The molecule has 2 aromatic heterocycles. The molecule has 1 amide bonds. The van der Waals surface area contributed by atoms with Gasteiger partial charge in [-0.05, 0) is 42.8 Å². The molecule has 0 saturated carbocycles. The lowest BCUT2D eigenvalue weighted by atomic mass is 9.97. The maximum absolute atomic E-state index is 14.3. The maximum atomic E-state index is 14.3. The van der Waals surface area contributed by atoms with E-state index in [-0.39, 0.29) is 18.3 Å². The average molecular weight is 423 g/mol. The van der Waals surface area contributed by atoms with Gasteiger partial charge in [0.15, 0.2) is 0 Å². The highest BCUT2D eigenvalue weighted by Crippen LogP contribution is 2.37. The Morgan fingerprint density at radius 2 is 1.87 bits per heavy atom. The highest BCUT2D eigenvalue weighted by atomic mass is 32.1. The van der Waals surface area contributed by atoms with E-state index >= 15 is 0 Å². The summed E-state index contributed by atoms with van der Waals surface area (Å²) >= 11 is 1.43. The molecule has 0 radical (unpaired) electrons. The maximum Gasteiger partial charge on any atom is 0.263 e. The molecular weight excluding hydrogens is 399 g/mol. The van der Waals surface area contributed by atoms with Crippen LogP contribution in [-0.4, -0.2) is 40.6 Å². The molecule has 0 spiro atoms. The molecule has 0 saturated heterocycles. The monoisotopic (exact) mass is 422 g/mol. The third-order valence-corrected chi connectivity index (χ3v) is 6.38. The summed E-state index contributed by atoms with van der Waals surface area (Å²) in [5, 5.41) is 11.3. The van der Waals surface area contributed by atoms with Crippen molar-refractivity contribution in [3.63, 3.8) is 0 Å². The van der Waals surface area contributed by atoms with Gasteiger partial charge in [0.25, 0.3) is 5.91 Å². The molecule has 4 nitrogen and oxygen atoms in total. The number of unbranched alkanes of at least 4 members (excludes halogenated alkanes) is 1. The van der Waals surface area contributed by atoms with E-state index < -0.39 is 0 Å². The fourth-order valence-corrected chi connectivity index (χ4v) is 4.77. The van der Waals surface area contributed by atoms with Crippen molar-refractivity contribution in [3.8, 4) is 11.1 Å². The number of halogens is 1. The number of pyridine rings is 1. The lowest BCUT2D eigenvalue weighted by Crippen LogP contribution is -2.31. The third kappa shape index (κ3) is 3.80. The highest BCUT2D eigenvalue weighted by Gasteiger charge is 2.19. The van der Waals surface area contributed by atoms with Crippen LogP contribution >= 0.6 is 11.3 Å². The standard InChI is InChI=1S/C24H23FN2O2S/c1-2-27(11-5-6-12-28)24(29)22-13-19-20(14-26-15-23(19)30-22)17-9-10-21(25)18-8-4-3-7-16(17)18/h3-4,7-10,13-15,28H,2,5-6,11-12H2,1H3. The summed E-state index contributed by atoms with van der Waals surface area (Å²) in [6, 6.07) is 12.6. The number of nitrogens with zero attached hydrogens (tertiary/aromatic N) is 2. The number of benzene rings is 2. The van der Waals surface area contributed by atoms with Crippen molar-refractivity contribution in [2.45, 2.75) is 19.8 Å². The fraction of sp³-hybridized carbons (Fsp3) is 0.250. The molecule has 4 rings (SSSR count). The summed E-state index contributed by atoms with van der Waals surface area (Å²) in [6.45, 7) is 3.33. The molecule has 0 aliphatic carbocycles. The molecule has 30 heavy (non-hydrogen) atoms. The second-order valence-corrected chi connectivity index (χ2v) is 8.25. The number of aromatic nitrogens is 1. The van der Waals surface area contributed by atoms with Gasteiger partial charge in [-0.2, -0.15) is 0 Å². The van der Waals surface area contributed by atoms with Crippen LogP contribution in [0.15, 0.2) is 54.9 Å². The number of thiophene rings is 1. The van der Waals surface area contributed by atoms with Gasteiger partial charge in [0, 0.05) is 48.4 Å². The van der Waals surface area contributed by atoms with Gasteiger partial charge in [-0.3, -0.25) is 9.78 Å². The smallest absolute Gasteiger partial charge is 0.263 e. The number of carbonyl (C=O) groups excluding carboxylic acids is 1. The van der Waals surface area contributed by atoms with Gasteiger partial charge in [-0.1, -0.05) is 30.3 Å². The SMILES string of the molecule is CCN(CCCCO)C(=O)c1cc2c(-c3ccc(F)c4ccccc34)cncc2s1. The summed E-state index contributed by atoms with van der Waals surface area (Å²) in [6.07, 6.45) is 5.01. The molecule has 0 fully saturated rings. The summed E-state index contributed by atoms with van der Waals surface area (Å²) in [5.74, 6) is -0.260. The predicted octanol–water partition coefficient (Wildman–Crippen LogP) is 5.49. The van der Waals surface area contributed by atoms with Crippen LogP contribution in [0.1, 0.15) is 29.4 Å². The largest absolute Gasteiger partial charge is 0.396 e. The minimum absolute atomic E-state index is 0.00782. The second-order valence-electron chi connectivity index (χ2n) is 7.17. The molecule has 0 atom stereocenters. The van der Waals surface area contributed by atoms with Gasteiger partial charge in [-0.25, -0.2) is 4.39 Å². The first-order valence-electron chi connectivity index (χ1n) is 10.1. The normalized spacial score (nSPS) is 11.3. The zero-order chi connectivity index (χ0) is 21.1. The van der Waals surface area contributed by atoms with Crippen molar-refractivity contribution in [2.24, 2.45) is 0 Å². The first kappa shape index (κ1) is 20.4. The Morgan fingerprint density at radius 3 is 2.63 bits per heavy atom. The van der Waals surface area contributed by atoms with E-state index in [0.29, 0.717) is 29.8 Å². The molecule has 2 heterocycles. The van der Waals surface area contributed by atoms with E-state index in [2.05, 4.69) is 4.98 Å². The van der Waals surface area contributed by atoms with Crippen LogP contribution in [0, 0.1) is 5.82 Å². The van der Waals surface area contributed by atoms with Crippen molar-refractivity contribution in [2.75, 3.05) is 19.7 Å². The molecule has 6 heteroatoms. The number of hydrogen-bond donors (Lipinski definition) is 1. The van der Waals surface area contributed by atoms with E-state index in [1.165, 1.54) is 17.4 Å². The van der Waals surface area contributed by atoms with Crippen LogP contribution in [0.2, 0.25) is 0 Å². The number of carbonyl (C=O) groups is 1. The first-order valence-corrected chi connectivity index (χ1v) is 10.9. The molecule has 1 N–H and O–H groups in total. The highest BCUT2D eigenvalue weighted by molar-refractivity contribution is 7.20. The Balaban J connectivity index is 1.77. The van der Waals surface area contributed by atoms with Crippen LogP contribution in [0.3, 0.4) is 0 Å². The summed E-state index contributed by atoms with van der Waals surface area (Å²) < 4.78 is 15.2. The number of aliphatic hydroxyl groups is 1. The van der Waals surface area contributed by atoms with Gasteiger partial charge in [-0.15, -0.1) is 11.3 Å². The Hall–Kier alpha value is -2.83. The average Bonchev–Trinajstić information content (AvgIpc) is 3.22. The molecule has 0 unspecified atom stereocenters. The van der Waals surface area contributed by atoms with E-state index in [4.69, 9.17) is 5.11 Å². The van der Waals surface area contributed by atoms with Gasteiger partial charge in [0.05, 0.1) is 9.58 Å². The van der Waals surface area contributed by atoms with Gasteiger partial charge in [0.1, 0.15) is 5.82 Å². The van der Waals surface area contributed by atoms with Crippen molar-refractivity contribution < 1.29 is 14.3 Å². The lowest BCUT2D eigenvalue weighted by Gasteiger charge is -2.19. The number of fused-ring (bicyclic) bond motifs is 2. The Morgan fingerprint density at radius 1 is 1.07 bits per heavy atom. The van der Waals surface area contributed by atoms with E-state index in [9.17, 15) is 9.18 Å². The van der Waals surface area contributed by atoms with Crippen molar-refractivity contribution in [1.82, 2.24) is 9.88 Å². The van der Waals surface area contributed by atoms with Gasteiger partial charge >= 0.3 is 0 Å². The quantitative estimate of drug-likeness (QED) is 0.401. The van der Waals surface area contributed by atoms with Crippen molar-refractivity contribution in [1.29, 1.82) is 0 Å². The zero-order valence-electron chi connectivity index (χ0n) is 16.8. The van der Waals surface area contributed by atoms with Crippen LogP contribution in [0.5, 0.6) is 0 Å².